The van der Waals surface area contributed by atoms with Gasteiger partial charge in [0.05, 0.1) is 0 Å². The predicted octanol–water partition coefficient (Wildman–Crippen LogP) is 1.49. The monoisotopic (exact) mass is 171 g/mol. The Balaban J connectivity index is 2.34. The Morgan fingerprint density at radius 1 is 1.25 bits per heavy atom. The first-order valence-electron chi connectivity index (χ1n) is 5.16. The van der Waals surface area contributed by atoms with Crippen molar-refractivity contribution in [3.63, 3.8) is 0 Å². The highest BCUT2D eigenvalue weighted by atomic mass is 16.3. The van der Waals surface area contributed by atoms with Crippen LogP contribution in [0.3, 0.4) is 0 Å². The molecule has 72 valence electrons. The van der Waals surface area contributed by atoms with Crippen molar-refractivity contribution in [3.05, 3.63) is 0 Å². The van der Waals surface area contributed by atoms with E-state index in [1.807, 2.05) is 0 Å². The van der Waals surface area contributed by atoms with Gasteiger partial charge in [-0.2, -0.15) is 0 Å². The fourth-order valence-corrected chi connectivity index (χ4v) is 2.29. The van der Waals surface area contributed by atoms with Crippen molar-refractivity contribution in [2.45, 2.75) is 39.2 Å². The largest absolute Gasteiger partial charge is 0.396 e. The zero-order valence-electron chi connectivity index (χ0n) is 8.29. The van der Waals surface area contributed by atoms with E-state index in [2.05, 4.69) is 18.7 Å². The van der Waals surface area contributed by atoms with Gasteiger partial charge in [-0.1, -0.05) is 13.8 Å². The van der Waals surface area contributed by atoms with Crippen molar-refractivity contribution in [1.29, 1.82) is 0 Å². The first kappa shape index (κ1) is 10.0. The van der Waals surface area contributed by atoms with Crippen LogP contribution in [0.5, 0.6) is 0 Å². The van der Waals surface area contributed by atoms with Crippen LogP contribution in [0.25, 0.3) is 0 Å². The number of aliphatic hydroxyl groups excluding tert-OH is 1. The highest BCUT2D eigenvalue weighted by molar-refractivity contribution is 4.81. The molecule has 1 fully saturated rings. The smallest absolute Gasteiger partial charge is 0.0459 e. The van der Waals surface area contributed by atoms with Gasteiger partial charge < -0.3 is 10.0 Å². The second kappa shape index (κ2) is 4.83. The molecule has 2 heteroatoms. The summed E-state index contributed by atoms with van der Waals surface area (Å²) in [6.45, 7) is 7.13. The summed E-state index contributed by atoms with van der Waals surface area (Å²) in [6.07, 6.45) is 3.71. The quantitative estimate of drug-likeness (QED) is 0.692. The second-order valence-electron chi connectivity index (χ2n) is 3.74. The van der Waals surface area contributed by atoms with Crippen LogP contribution in [0.4, 0.5) is 0 Å². The molecule has 1 saturated carbocycles. The second-order valence-corrected chi connectivity index (χ2v) is 3.74. The molecule has 1 rings (SSSR count). The molecule has 2 nitrogen and oxygen atoms in total. The van der Waals surface area contributed by atoms with Gasteiger partial charge in [-0.05, 0) is 38.3 Å². The fourth-order valence-electron chi connectivity index (χ4n) is 2.29. The summed E-state index contributed by atoms with van der Waals surface area (Å²) >= 11 is 0. The highest BCUT2D eigenvalue weighted by Gasteiger charge is 2.26. The molecule has 0 bridgehead atoms. The summed E-state index contributed by atoms with van der Waals surface area (Å²) in [5, 5.41) is 8.99. The number of hydrogen-bond donors (Lipinski definition) is 1. The summed E-state index contributed by atoms with van der Waals surface area (Å²) in [4.78, 5) is 2.51. The maximum absolute atomic E-state index is 8.99. The zero-order chi connectivity index (χ0) is 8.97. The van der Waals surface area contributed by atoms with Gasteiger partial charge in [-0.3, -0.25) is 0 Å². The molecule has 0 spiro atoms. The first-order chi connectivity index (χ1) is 5.81. The Bertz CT molecular complexity index is 123. The van der Waals surface area contributed by atoms with E-state index in [9.17, 15) is 0 Å². The van der Waals surface area contributed by atoms with Crippen LogP contribution < -0.4 is 0 Å². The van der Waals surface area contributed by atoms with Crippen molar-refractivity contribution in [2.75, 3.05) is 19.7 Å². The number of rotatable bonds is 4. The highest BCUT2D eigenvalue weighted by Crippen LogP contribution is 2.28. The molecule has 1 N–H and O–H groups in total. The van der Waals surface area contributed by atoms with Crippen molar-refractivity contribution in [3.8, 4) is 0 Å². The summed E-state index contributed by atoms with van der Waals surface area (Å²) in [5.74, 6) is 0.579. The Kier molecular flexibility index (Phi) is 4.02. The molecule has 2 unspecified atom stereocenters. The molecule has 12 heavy (non-hydrogen) atoms. The standard InChI is InChI=1S/C10H21NO/c1-3-11(4-2)10-6-5-9(7-10)8-12/h9-10,12H,3-8H2,1-2H3. The van der Waals surface area contributed by atoms with Gasteiger partial charge in [0.1, 0.15) is 0 Å². The molecule has 1 aliphatic rings. The average molecular weight is 171 g/mol. The van der Waals surface area contributed by atoms with Crippen molar-refractivity contribution < 1.29 is 5.11 Å². The minimum atomic E-state index is 0.387. The van der Waals surface area contributed by atoms with Crippen LogP contribution in [-0.2, 0) is 0 Å². The molecule has 2 atom stereocenters. The van der Waals surface area contributed by atoms with Gasteiger partial charge in [0.2, 0.25) is 0 Å². The van der Waals surface area contributed by atoms with Gasteiger partial charge in [0.15, 0.2) is 0 Å². The third-order valence-electron chi connectivity index (χ3n) is 3.10. The van der Waals surface area contributed by atoms with Gasteiger partial charge in [0.25, 0.3) is 0 Å². The summed E-state index contributed by atoms with van der Waals surface area (Å²) < 4.78 is 0. The average Bonchev–Trinajstić information content (AvgIpc) is 2.55. The Morgan fingerprint density at radius 2 is 1.92 bits per heavy atom. The van der Waals surface area contributed by atoms with E-state index in [1.54, 1.807) is 0 Å². The van der Waals surface area contributed by atoms with Crippen molar-refractivity contribution in [2.24, 2.45) is 5.92 Å². The molecule has 0 amide bonds. The topological polar surface area (TPSA) is 23.5 Å². The molecule has 0 radical (unpaired) electrons. The van der Waals surface area contributed by atoms with Crippen LogP contribution in [0.1, 0.15) is 33.1 Å². The van der Waals surface area contributed by atoms with E-state index >= 15 is 0 Å². The summed E-state index contributed by atoms with van der Waals surface area (Å²) in [5.41, 5.74) is 0. The van der Waals surface area contributed by atoms with Crippen molar-refractivity contribution >= 4 is 0 Å². The van der Waals surface area contributed by atoms with E-state index in [1.165, 1.54) is 19.3 Å². The van der Waals surface area contributed by atoms with Gasteiger partial charge >= 0.3 is 0 Å². The van der Waals surface area contributed by atoms with Crippen LogP contribution >= 0.6 is 0 Å². The fraction of sp³-hybridized carbons (Fsp3) is 1.00. The molecular weight excluding hydrogens is 150 g/mol. The maximum Gasteiger partial charge on any atom is 0.0459 e. The Hall–Kier alpha value is -0.0800. The predicted molar refractivity (Wildman–Crippen MR) is 51.1 cm³/mol. The SMILES string of the molecule is CCN(CC)C1CCC(CO)C1. The van der Waals surface area contributed by atoms with E-state index in [4.69, 9.17) is 5.11 Å². The number of nitrogens with zero attached hydrogens (tertiary/aromatic N) is 1. The molecule has 0 saturated heterocycles. The normalized spacial score (nSPS) is 30.0. The van der Waals surface area contributed by atoms with E-state index in [0.29, 0.717) is 12.5 Å². The van der Waals surface area contributed by atoms with E-state index in [-0.39, 0.29) is 0 Å². The number of aliphatic hydroxyl groups is 1. The molecule has 0 heterocycles. The third kappa shape index (κ3) is 2.20. The third-order valence-corrected chi connectivity index (χ3v) is 3.10. The lowest BCUT2D eigenvalue weighted by molar-refractivity contribution is 0.193. The summed E-state index contributed by atoms with van der Waals surface area (Å²) in [7, 11) is 0. The van der Waals surface area contributed by atoms with Gasteiger partial charge in [0, 0.05) is 12.6 Å². The van der Waals surface area contributed by atoms with Crippen LogP contribution in [-0.4, -0.2) is 35.7 Å². The minimum absolute atomic E-state index is 0.387. The van der Waals surface area contributed by atoms with Crippen molar-refractivity contribution in [1.82, 2.24) is 4.90 Å². The van der Waals surface area contributed by atoms with Crippen LogP contribution in [0.2, 0.25) is 0 Å². The molecular formula is C10H21NO. The van der Waals surface area contributed by atoms with E-state index < -0.39 is 0 Å². The molecule has 0 aromatic carbocycles. The minimum Gasteiger partial charge on any atom is -0.396 e. The first-order valence-corrected chi connectivity index (χ1v) is 5.16. The maximum atomic E-state index is 8.99. The lowest BCUT2D eigenvalue weighted by atomic mass is 10.1. The molecule has 0 aromatic rings. The lowest BCUT2D eigenvalue weighted by Crippen LogP contribution is -2.33. The van der Waals surface area contributed by atoms with Gasteiger partial charge in [-0.25, -0.2) is 0 Å². The number of hydrogen-bond acceptors (Lipinski definition) is 2. The zero-order valence-corrected chi connectivity index (χ0v) is 8.29. The van der Waals surface area contributed by atoms with E-state index in [0.717, 1.165) is 19.1 Å². The molecule has 0 aromatic heterocycles. The molecule has 0 aliphatic heterocycles. The van der Waals surface area contributed by atoms with Crippen LogP contribution in [0, 0.1) is 5.92 Å². The molecule has 1 aliphatic carbocycles. The Morgan fingerprint density at radius 3 is 2.33 bits per heavy atom. The summed E-state index contributed by atoms with van der Waals surface area (Å²) in [6, 6.07) is 0.747. The lowest BCUT2D eigenvalue weighted by Gasteiger charge is -2.25. The van der Waals surface area contributed by atoms with Gasteiger partial charge in [-0.15, -0.1) is 0 Å². The Labute approximate surface area is 75.6 Å². The van der Waals surface area contributed by atoms with Crippen LogP contribution in [0.15, 0.2) is 0 Å².